The van der Waals surface area contributed by atoms with Crippen LogP contribution in [0.15, 0.2) is 186 Å². The van der Waals surface area contributed by atoms with E-state index in [1.807, 2.05) is 72.8 Å². The van der Waals surface area contributed by atoms with Gasteiger partial charge in [-0.3, -0.25) is 0 Å². The summed E-state index contributed by atoms with van der Waals surface area (Å²) in [7, 11) is 0. The van der Waals surface area contributed by atoms with E-state index < -0.39 is 0 Å². The molecule has 0 fully saturated rings. The van der Waals surface area contributed by atoms with E-state index in [1.165, 1.54) is 5.56 Å². The van der Waals surface area contributed by atoms with E-state index in [-0.39, 0.29) is 0 Å². The second-order valence-corrected chi connectivity index (χ2v) is 13.1. The minimum Gasteiger partial charge on any atom is -0.455 e. The third kappa shape index (κ3) is 5.61. The predicted molar refractivity (Wildman–Crippen MR) is 215 cm³/mol. The first-order valence-corrected chi connectivity index (χ1v) is 17.6. The lowest BCUT2D eigenvalue weighted by Gasteiger charge is -2.10. The molecule has 3 aromatic heterocycles. The number of aromatic nitrogens is 4. The largest absolute Gasteiger partial charge is 0.455 e. The Hall–Kier alpha value is -7.24. The highest BCUT2D eigenvalue weighted by atomic mass is 16.3. The molecule has 0 spiro atoms. The van der Waals surface area contributed by atoms with Crippen molar-refractivity contribution in [3.05, 3.63) is 182 Å². The normalized spacial score (nSPS) is 11.4. The quantitative estimate of drug-likeness (QED) is 0.175. The number of furan rings is 1. The molecule has 53 heavy (non-hydrogen) atoms. The summed E-state index contributed by atoms with van der Waals surface area (Å²) < 4.78 is 6.56. The van der Waals surface area contributed by atoms with Crippen LogP contribution in [0.5, 0.6) is 0 Å². The Bertz CT molecular complexity index is 2900. The molecule has 7 aromatic carbocycles. The molecule has 5 heteroatoms. The second-order valence-electron chi connectivity index (χ2n) is 13.1. The first kappa shape index (κ1) is 30.6. The molecule has 0 radical (unpaired) electrons. The van der Waals surface area contributed by atoms with Gasteiger partial charge in [0.2, 0.25) is 0 Å². The van der Waals surface area contributed by atoms with Gasteiger partial charge in [0.05, 0.1) is 16.6 Å². The van der Waals surface area contributed by atoms with Gasteiger partial charge in [0.25, 0.3) is 0 Å². The van der Waals surface area contributed by atoms with Crippen LogP contribution in [0.2, 0.25) is 0 Å². The molecule has 0 aliphatic rings. The van der Waals surface area contributed by atoms with Crippen LogP contribution in [0.25, 0.3) is 101 Å². The molecule has 0 aliphatic carbocycles. The first-order chi connectivity index (χ1) is 26.2. The van der Waals surface area contributed by atoms with E-state index in [4.69, 9.17) is 24.4 Å². The fraction of sp³-hybridized carbons (Fsp3) is 0. The zero-order valence-electron chi connectivity index (χ0n) is 28.5. The monoisotopic (exact) mass is 678 g/mol. The highest BCUT2D eigenvalue weighted by molar-refractivity contribution is 6.19. The van der Waals surface area contributed by atoms with Crippen LogP contribution in [0, 0.1) is 0 Å². The molecular weight excluding hydrogens is 649 g/mol. The summed E-state index contributed by atoms with van der Waals surface area (Å²) in [6, 6.07) is 62.1. The number of rotatable bonds is 6. The molecule has 10 rings (SSSR count). The summed E-state index contributed by atoms with van der Waals surface area (Å²) in [4.78, 5) is 20.1. The van der Waals surface area contributed by atoms with Crippen molar-refractivity contribution in [3.8, 4) is 67.7 Å². The van der Waals surface area contributed by atoms with Crippen molar-refractivity contribution < 1.29 is 4.42 Å². The maximum Gasteiger partial charge on any atom is 0.164 e. The van der Waals surface area contributed by atoms with E-state index in [0.29, 0.717) is 17.5 Å². The summed E-state index contributed by atoms with van der Waals surface area (Å²) in [6.45, 7) is 0. The Morgan fingerprint density at radius 1 is 0.321 bits per heavy atom. The van der Waals surface area contributed by atoms with Gasteiger partial charge in [-0.15, -0.1) is 0 Å². The number of fused-ring (bicyclic) bond motifs is 5. The van der Waals surface area contributed by atoms with Gasteiger partial charge in [-0.25, -0.2) is 19.9 Å². The van der Waals surface area contributed by atoms with Gasteiger partial charge < -0.3 is 4.42 Å². The summed E-state index contributed by atoms with van der Waals surface area (Å²) in [5.41, 5.74) is 11.8. The minimum absolute atomic E-state index is 0.618. The predicted octanol–water partition coefficient (Wildman–Crippen LogP) is 12.3. The Labute approximate surface area is 305 Å². The third-order valence-corrected chi connectivity index (χ3v) is 9.75. The highest BCUT2D eigenvalue weighted by Gasteiger charge is 2.18. The standard InChI is InChI=1S/C48H30N4O/c1-4-12-31(13-5-1)32-20-24-36(25-21-32)47-50-46(35-16-8-3-9-17-35)51-48(52-47)37-26-22-33(23-27-37)38-28-29-41-40(30-38)45-43(39-18-10-11-19-42(39)53-45)44(49-41)34-14-6-2-7-15-34/h1-30H. The van der Waals surface area contributed by atoms with Gasteiger partial charge in [0, 0.05) is 33.0 Å². The van der Waals surface area contributed by atoms with Crippen molar-refractivity contribution in [2.24, 2.45) is 0 Å². The lowest BCUT2D eigenvalue weighted by atomic mass is 9.99. The molecule has 3 heterocycles. The summed E-state index contributed by atoms with van der Waals surface area (Å²) in [5.74, 6) is 1.88. The SMILES string of the molecule is c1ccc(-c2ccc(-c3nc(-c4ccccc4)nc(-c4ccc(-c5ccc6nc(-c7ccccc7)c7c8ccccc8oc7c6c5)cc4)n3)cc2)cc1. The van der Waals surface area contributed by atoms with E-state index in [1.54, 1.807) is 0 Å². The molecule has 248 valence electrons. The third-order valence-electron chi connectivity index (χ3n) is 9.75. The molecular formula is C48H30N4O. The van der Waals surface area contributed by atoms with E-state index >= 15 is 0 Å². The molecule has 0 amide bonds. The van der Waals surface area contributed by atoms with Crippen molar-refractivity contribution in [2.75, 3.05) is 0 Å². The fourth-order valence-corrected chi connectivity index (χ4v) is 7.05. The Morgan fingerprint density at radius 2 is 0.755 bits per heavy atom. The first-order valence-electron chi connectivity index (χ1n) is 17.6. The van der Waals surface area contributed by atoms with Gasteiger partial charge >= 0.3 is 0 Å². The molecule has 0 saturated heterocycles. The topological polar surface area (TPSA) is 64.7 Å². The Kier molecular flexibility index (Phi) is 7.40. The van der Waals surface area contributed by atoms with Crippen LogP contribution in [0.1, 0.15) is 0 Å². The van der Waals surface area contributed by atoms with Crippen molar-refractivity contribution in [1.29, 1.82) is 0 Å². The molecule has 5 nitrogen and oxygen atoms in total. The highest BCUT2D eigenvalue weighted by Crippen LogP contribution is 2.40. The van der Waals surface area contributed by atoms with Crippen LogP contribution in [-0.4, -0.2) is 19.9 Å². The summed E-state index contributed by atoms with van der Waals surface area (Å²) >= 11 is 0. The molecule has 0 unspecified atom stereocenters. The molecule has 0 atom stereocenters. The van der Waals surface area contributed by atoms with Gasteiger partial charge in [-0.05, 0) is 40.5 Å². The van der Waals surface area contributed by atoms with Crippen molar-refractivity contribution >= 4 is 32.8 Å². The molecule has 0 saturated carbocycles. The Morgan fingerprint density at radius 3 is 1.36 bits per heavy atom. The minimum atomic E-state index is 0.618. The zero-order chi connectivity index (χ0) is 35.1. The number of benzene rings is 7. The Balaban J connectivity index is 1.05. The number of para-hydroxylation sites is 1. The van der Waals surface area contributed by atoms with Crippen LogP contribution in [-0.2, 0) is 0 Å². The van der Waals surface area contributed by atoms with Gasteiger partial charge in [-0.2, -0.15) is 0 Å². The smallest absolute Gasteiger partial charge is 0.164 e. The average molecular weight is 679 g/mol. The van der Waals surface area contributed by atoms with Gasteiger partial charge in [0.1, 0.15) is 11.2 Å². The summed E-state index contributed by atoms with van der Waals surface area (Å²) in [6.07, 6.45) is 0. The number of nitrogens with zero attached hydrogens (tertiary/aromatic N) is 4. The van der Waals surface area contributed by atoms with Crippen LogP contribution >= 0.6 is 0 Å². The molecule has 0 bridgehead atoms. The van der Waals surface area contributed by atoms with Crippen molar-refractivity contribution in [2.45, 2.75) is 0 Å². The lowest BCUT2D eigenvalue weighted by molar-refractivity contribution is 0.672. The van der Waals surface area contributed by atoms with Gasteiger partial charge in [-0.1, -0.05) is 164 Å². The second kappa shape index (κ2) is 12.8. The van der Waals surface area contributed by atoms with Crippen molar-refractivity contribution in [3.63, 3.8) is 0 Å². The lowest BCUT2D eigenvalue weighted by Crippen LogP contribution is -2.00. The van der Waals surface area contributed by atoms with Crippen LogP contribution in [0.3, 0.4) is 0 Å². The van der Waals surface area contributed by atoms with Crippen LogP contribution < -0.4 is 0 Å². The molecule has 10 aromatic rings. The fourth-order valence-electron chi connectivity index (χ4n) is 7.05. The number of hydrogen-bond acceptors (Lipinski definition) is 5. The molecule has 0 N–H and O–H groups in total. The van der Waals surface area contributed by atoms with E-state index in [2.05, 4.69) is 109 Å². The van der Waals surface area contributed by atoms with E-state index in [0.717, 1.165) is 77.5 Å². The van der Waals surface area contributed by atoms with E-state index in [9.17, 15) is 0 Å². The number of pyridine rings is 1. The van der Waals surface area contributed by atoms with Gasteiger partial charge in [0.15, 0.2) is 17.5 Å². The zero-order valence-corrected chi connectivity index (χ0v) is 28.5. The molecule has 0 aliphatic heterocycles. The average Bonchev–Trinajstić information content (AvgIpc) is 3.64. The number of hydrogen-bond donors (Lipinski definition) is 0. The van der Waals surface area contributed by atoms with Crippen LogP contribution in [0.4, 0.5) is 0 Å². The summed E-state index contributed by atoms with van der Waals surface area (Å²) in [5, 5.41) is 3.07. The maximum atomic E-state index is 6.56. The maximum absolute atomic E-state index is 6.56. The van der Waals surface area contributed by atoms with Crippen molar-refractivity contribution in [1.82, 2.24) is 19.9 Å².